The van der Waals surface area contributed by atoms with E-state index in [9.17, 15) is 9.59 Å². The topological polar surface area (TPSA) is 67.2 Å². The highest BCUT2D eigenvalue weighted by Crippen LogP contribution is 2.13. The second-order valence-electron chi connectivity index (χ2n) is 4.36. The molecule has 2 heterocycles. The molecule has 2 rings (SSSR count). The van der Waals surface area contributed by atoms with Gasteiger partial charge in [0.05, 0.1) is 19.0 Å². The van der Waals surface area contributed by atoms with Crippen LogP contribution in [0.1, 0.15) is 19.8 Å². The number of rotatable bonds is 6. The Morgan fingerprint density at radius 2 is 2.28 bits per heavy atom. The highest BCUT2D eigenvalue weighted by molar-refractivity contribution is 6.05. The van der Waals surface area contributed by atoms with Gasteiger partial charge in [-0.2, -0.15) is 5.10 Å². The molecule has 1 N–H and O–H groups in total. The van der Waals surface area contributed by atoms with Crippen molar-refractivity contribution < 1.29 is 9.59 Å². The van der Waals surface area contributed by atoms with Gasteiger partial charge in [-0.3, -0.25) is 19.2 Å². The molecular weight excluding hydrogens is 232 g/mol. The predicted octanol–water partition coefficient (Wildman–Crippen LogP) is 0.0102. The third kappa shape index (κ3) is 2.76. The molecule has 1 atom stereocenters. The fourth-order valence-corrected chi connectivity index (χ4v) is 2.09. The van der Waals surface area contributed by atoms with Gasteiger partial charge in [-0.05, 0) is 12.5 Å². The number of carbonyl (C=O) groups is 2. The van der Waals surface area contributed by atoms with Crippen LogP contribution in [0.2, 0.25) is 0 Å². The van der Waals surface area contributed by atoms with Crippen LogP contribution in [0, 0.1) is 0 Å². The Morgan fingerprint density at radius 1 is 1.44 bits per heavy atom. The lowest BCUT2D eigenvalue weighted by atomic mass is 10.2. The van der Waals surface area contributed by atoms with Crippen molar-refractivity contribution in [1.29, 1.82) is 0 Å². The van der Waals surface area contributed by atoms with Crippen LogP contribution in [0.3, 0.4) is 0 Å². The minimum absolute atomic E-state index is 0.0709. The van der Waals surface area contributed by atoms with Gasteiger partial charge in [-0.1, -0.05) is 6.92 Å². The summed E-state index contributed by atoms with van der Waals surface area (Å²) in [4.78, 5) is 24.9. The third-order valence-corrected chi connectivity index (χ3v) is 2.98. The predicted molar refractivity (Wildman–Crippen MR) is 65.6 cm³/mol. The zero-order chi connectivity index (χ0) is 13.0. The number of imide groups is 1. The second-order valence-corrected chi connectivity index (χ2v) is 4.36. The van der Waals surface area contributed by atoms with Gasteiger partial charge in [0.2, 0.25) is 11.8 Å². The van der Waals surface area contributed by atoms with Crippen LogP contribution in [0.25, 0.3) is 0 Å². The normalized spacial score (nSPS) is 19.8. The van der Waals surface area contributed by atoms with E-state index >= 15 is 0 Å². The zero-order valence-electron chi connectivity index (χ0n) is 10.5. The summed E-state index contributed by atoms with van der Waals surface area (Å²) in [6, 6.07) is 1.49. The molecule has 1 fully saturated rings. The van der Waals surface area contributed by atoms with Gasteiger partial charge < -0.3 is 5.32 Å². The fourth-order valence-electron chi connectivity index (χ4n) is 2.09. The summed E-state index contributed by atoms with van der Waals surface area (Å²) >= 11 is 0. The van der Waals surface area contributed by atoms with Crippen molar-refractivity contribution in [2.45, 2.75) is 32.4 Å². The molecule has 1 saturated heterocycles. The summed E-state index contributed by atoms with van der Waals surface area (Å²) in [6.07, 6.45) is 4.66. The van der Waals surface area contributed by atoms with Crippen LogP contribution in [-0.4, -0.2) is 45.6 Å². The molecule has 1 aliphatic rings. The molecule has 1 aliphatic heterocycles. The number of nitrogens with zero attached hydrogens (tertiary/aromatic N) is 3. The molecule has 6 nitrogen and oxygen atoms in total. The fraction of sp³-hybridized carbons (Fsp3) is 0.583. The average molecular weight is 250 g/mol. The number of hydrogen-bond acceptors (Lipinski definition) is 4. The molecule has 98 valence electrons. The molecular formula is C12H18N4O2. The standard InChI is InChI=1S/C12H18N4O2/c1-2-6-16-11(17)9-10(12(16)18)13-5-8-15-7-3-4-14-15/h3-4,7,10,13H,2,5-6,8-9H2,1H3. The summed E-state index contributed by atoms with van der Waals surface area (Å²) in [6.45, 7) is 3.80. The van der Waals surface area contributed by atoms with Crippen molar-refractivity contribution in [3.63, 3.8) is 0 Å². The maximum atomic E-state index is 11.9. The Hall–Kier alpha value is -1.69. The molecule has 18 heavy (non-hydrogen) atoms. The first-order chi connectivity index (χ1) is 8.72. The molecule has 0 radical (unpaired) electrons. The van der Waals surface area contributed by atoms with Crippen LogP contribution in [0.5, 0.6) is 0 Å². The second kappa shape index (κ2) is 5.77. The monoisotopic (exact) mass is 250 g/mol. The van der Waals surface area contributed by atoms with Crippen molar-refractivity contribution in [2.75, 3.05) is 13.1 Å². The number of amides is 2. The summed E-state index contributed by atoms with van der Waals surface area (Å²) in [5.74, 6) is -0.166. The van der Waals surface area contributed by atoms with E-state index in [2.05, 4.69) is 10.4 Å². The Labute approximate surface area is 106 Å². The van der Waals surface area contributed by atoms with E-state index in [0.717, 1.165) is 6.42 Å². The third-order valence-electron chi connectivity index (χ3n) is 2.98. The number of nitrogens with one attached hydrogen (secondary N) is 1. The molecule has 2 amide bonds. The lowest BCUT2D eigenvalue weighted by Gasteiger charge is -2.14. The lowest BCUT2D eigenvalue weighted by molar-refractivity contribution is -0.138. The quantitative estimate of drug-likeness (QED) is 0.722. The minimum Gasteiger partial charge on any atom is -0.304 e. The summed E-state index contributed by atoms with van der Waals surface area (Å²) in [5.41, 5.74) is 0. The van der Waals surface area contributed by atoms with Crippen LogP contribution in [-0.2, 0) is 16.1 Å². The molecule has 1 unspecified atom stereocenters. The van der Waals surface area contributed by atoms with Crippen molar-refractivity contribution in [2.24, 2.45) is 0 Å². The first-order valence-corrected chi connectivity index (χ1v) is 6.27. The van der Waals surface area contributed by atoms with Crippen molar-refractivity contribution >= 4 is 11.8 Å². The average Bonchev–Trinajstić information content (AvgIpc) is 2.94. The molecule has 0 saturated carbocycles. The van der Waals surface area contributed by atoms with Crippen LogP contribution in [0.15, 0.2) is 18.5 Å². The first kappa shape index (κ1) is 12.8. The molecule has 6 heteroatoms. The highest BCUT2D eigenvalue weighted by Gasteiger charge is 2.37. The highest BCUT2D eigenvalue weighted by atomic mass is 16.2. The van der Waals surface area contributed by atoms with Crippen molar-refractivity contribution in [1.82, 2.24) is 20.0 Å². The Bertz CT molecular complexity index is 416. The first-order valence-electron chi connectivity index (χ1n) is 6.27. The minimum atomic E-state index is -0.361. The van der Waals surface area contributed by atoms with Gasteiger partial charge in [0.15, 0.2) is 0 Å². The van der Waals surface area contributed by atoms with E-state index in [-0.39, 0.29) is 24.3 Å². The Morgan fingerprint density at radius 3 is 2.94 bits per heavy atom. The van der Waals surface area contributed by atoms with E-state index in [4.69, 9.17) is 0 Å². The number of likely N-dealkylation sites (tertiary alicyclic amines) is 1. The molecule has 0 aromatic carbocycles. The Balaban J connectivity index is 1.80. The van der Waals surface area contributed by atoms with Crippen LogP contribution >= 0.6 is 0 Å². The number of hydrogen-bond donors (Lipinski definition) is 1. The van der Waals surface area contributed by atoms with Crippen molar-refractivity contribution in [3.8, 4) is 0 Å². The van der Waals surface area contributed by atoms with E-state index in [1.807, 2.05) is 19.2 Å². The van der Waals surface area contributed by atoms with E-state index < -0.39 is 0 Å². The summed E-state index contributed by atoms with van der Waals surface area (Å²) in [5, 5.41) is 7.19. The van der Waals surface area contributed by atoms with Gasteiger partial charge in [0.25, 0.3) is 0 Å². The van der Waals surface area contributed by atoms with Crippen LogP contribution < -0.4 is 5.32 Å². The summed E-state index contributed by atoms with van der Waals surface area (Å²) < 4.78 is 1.79. The molecule has 0 spiro atoms. The Kier molecular flexibility index (Phi) is 4.09. The molecule has 0 aliphatic carbocycles. The van der Waals surface area contributed by atoms with Gasteiger partial charge in [-0.25, -0.2) is 0 Å². The van der Waals surface area contributed by atoms with E-state index in [1.165, 1.54) is 4.90 Å². The van der Waals surface area contributed by atoms with Gasteiger partial charge in [-0.15, -0.1) is 0 Å². The lowest BCUT2D eigenvalue weighted by Crippen LogP contribution is -2.40. The van der Waals surface area contributed by atoms with Gasteiger partial charge >= 0.3 is 0 Å². The van der Waals surface area contributed by atoms with Crippen LogP contribution in [0.4, 0.5) is 0 Å². The van der Waals surface area contributed by atoms with E-state index in [0.29, 0.717) is 19.6 Å². The maximum absolute atomic E-state index is 11.9. The smallest absolute Gasteiger partial charge is 0.246 e. The van der Waals surface area contributed by atoms with Gasteiger partial charge in [0, 0.05) is 25.5 Å². The molecule has 1 aromatic heterocycles. The largest absolute Gasteiger partial charge is 0.304 e. The van der Waals surface area contributed by atoms with Crippen molar-refractivity contribution in [3.05, 3.63) is 18.5 Å². The summed E-state index contributed by atoms with van der Waals surface area (Å²) in [7, 11) is 0. The number of carbonyl (C=O) groups excluding carboxylic acids is 2. The SMILES string of the molecule is CCCN1C(=O)CC(NCCn2cccn2)C1=O. The van der Waals surface area contributed by atoms with E-state index in [1.54, 1.807) is 10.9 Å². The van der Waals surface area contributed by atoms with Gasteiger partial charge in [0.1, 0.15) is 0 Å². The molecule has 1 aromatic rings. The number of aromatic nitrogens is 2. The zero-order valence-corrected chi connectivity index (χ0v) is 10.5. The molecule has 0 bridgehead atoms. The maximum Gasteiger partial charge on any atom is 0.246 e.